The van der Waals surface area contributed by atoms with Gasteiger partial charge in [-0.2, -0.15) is 0 Å². The van der Waals surface area contributed by atoms with Gasteiger partial charge >= 0.3 is 0 Å². The van der Waals surface area contributed by atoms with Gasteiger partial charge in [-0.05, 0) is 25.5 Å². The van der Waals surface area contributed by atoms with E-state index in [9.17, 15) is 4.79 Å². The number of rotatable bonds is 5. The third-order valence-electron chi connectivity index (χ3n) is 2.05. The third kappa shape index (κ3) is 3.96. The Hall–Kier alpha value is -0.960. The van der Waals surface area contributed by atoms with Crippen LogP contribution in [0.1, 0.15) is 36.1 Å². The number of carbonyl (C=O) groups is 1. The van der Waals surface area contributed by atoms with Crippen LogP contribution < -0.4 is 5.32 Å². The summed E-state index contributed by atoms with van der Waals surface area (Å²) in [5, 5.41) is 2.73. The average Bonchev–Trinajstić information content (AvgIpc) is 2.62. The molecule has 0 radical (unpaired) electrons. The van der Waals surface area contributed by atoms with Crippen LogP contribution in [-0.4, -0.2) is 17.8 Å². The first kappa shape index (κ1) is 12.1. The smallest absolute Gasteiger partial charge is 0.287 e. The molecular formula is C11H16ClNO2. The highest BCUT2D eigenvalue weighted by molar-refractivity contribution is 6.20. The van der Waals surface area contributed by atoms with Crippen molar-refractivity contribution in [1.29, 1.82) is 0 Å². The maximum Gasteiger partial charge on any atom is 0.287 e. The van der Waals surface area contributed by atoms with E-state index < -0.39 is 0 Å². The molecule has 0 aromatic carbocycles. The van der Waals surface area contributed by atoms with Crippen LogP contribution in [0.15, 0.2) is 16.5 Å². The number of carbonyl (C=O) groups excluding carboxylic acids is 1. The molecule has 0 spiro atoms. The lowest BCUT2D eigenvalue weighted by molar-refractivity contribution is 0.0924. The van der Waals surface area contributed by atoms with Crippen LogP contribution in [0, 0.1) is 6.92 Å². The highest BCUT2D eigenvalue weighted by atomic mass is 35.5. The van der Waals surface area contributed by atoms with Gasteiger partial charge in [-0.25, -0.2) is 0 Å². The topological polar surface area (TPSA) is 42.2 Å². The van der Waals surface area contributed by atoms with E-state index in [1.54, 1.807) is 19.1 Å². The van der Waals surface area contributed by atoms with Crippen molar-refractivity contribution < 1.29 is 9.21 Å². The molecule has 1 unspecified atom stereocenters. The average molecular weight is 230 g/mol. The molecule has 1 heterocycles. The molecule has 0 aliphatic rings. The summed E-state index contributed by atoms with van der Waals surface area (Å²) in [6.45, 7) is 4.35. The zero-order valence-corrected chi connectivity index (χ0v) is 9.80. The van der Waals surface area contributed by atoms with Crippen LogP contribution in [0.2, 0.25) is 0 Å². The largest absolute Gasteiger partial charge is 0.456 e. The van der Waals surface area contributed by atoms with E-state index in [0.29, 0.717) is 12.3 Å². The number of furan rings is 1. The minimum absolute atomic E-state index is 0.00462. The number of hydrogen-bond donors (Lipinski definition) is 1. The SMILES string of the molecule is CCCC(Cl)CNC(=O)c1ccc(C)o1. The van der Waals surface area contributed by atoms with Gasteiger partial charge in [0, 0.05) is 6.54 Å². The molecule has 84 valence electrons. The van der Waals surface area contributed by atoms with Gasteiger partial charge in [-0.3, -0.25) is 4.79 Å². The van der Waals surface area contributed by atoms with Gasteiger partial charge in [0.1, 0.15) is 5.76 Å². The summed E-state index contributed by atoms with van der Waals surface area (Å²) in [6.07, 6.45) is 1.92. The highest BCUT2D eigenvalue weighted by Crippen LogP contribution is 2.07. The fourth-order valence-electron chi connectivity index (χ4n) is 1.26. The van der Waals surface area contributed by atoms with Gasteiger partial charge in [0.2, 0.25) is 0 Å². The lowest BCUT2D eigenvalue weighted by Gasteiger charge is -2.08. The minimum atomic E-state index is -0.204. The first-order chi connectivity index (χ1) is 7.13. The first-order valence-electron chi connectivity index (χ1n) is 5.12. The Balaban J connectivity index is 2.36. The van der Waals surface area contributed by atoms with E-state index in [1.807, 2.05) is 0 Å². The standard InChI is InChI=1S/C11H16ClNO2/c1-3-4-9(12)7-13-11(14)10-6-5-8(2)15-10/h5-6,9H,3-4,7H2,1-2H3,(H,13,14). The number of nitrogens with one attached hydrogen (secondary N) is 1. The summed E-state index contributed by atoms with van der Waals surface area (Å²) in [6, 6.07) is 3.42. The normalized spacial score (nSPS) is 12.5. The summed E-state index contributed by atoms with van der Waals surface area (Å²) in [5.74, 6) is 0.869. The molecule has 0 fully saturated rings. The molecule has 0 aliphatic heterocycles. The van der Waals surface area contributed by atoms with Gasteiger partial charge in [-0.1, -0.05) is 13.3 Å². The monoisotopic (exact) mass is 229 g/mol. The molecule has 1 N–H and O–H groups in total. The predicted octanol–water partition coefficient (Wildman–Crippen LogP) is 2.73. The number of alkyl halides is 1. The second kappa shape index (κ2) is 5.81. The van der Waals surface area contributed by atoms with E-state index in [2.05, 4.69) is 12.2 Å². The molecule has 1 aromatic rings. The van der Waals surface area contributed by atoms with Crippen molar-refractivity contribution in [1.82, 2.24) is 5.32 Å². The summed E-state index contributed by atoms with van der Waals surface area (Å²) in [7, 11) is 0. The van der Waals surface area contributed by atoms with E-state index >= 15 is 0 Å². The molecule has 0 aliphatic carbocycles. The number of halogens is 1. The van der Waals surface area contributed by atoms with E-state index in [1.165, 1.54) is 0 Å². The van der Waals surface area contributed by atoms with Crippen molar-refractivity contribution in [3.05, 3.63) is 23.7 Å². The van der Waals surface area contributed by atoms with Gasteiger partial charge in [-0.15, -0.1) is 11.6 Å². The Morgan fingerprint density at radius 3 is 2.87 bits per heavy atom. The van der Waals surface area contributed by atoms with Crippen molar-refractivity contribution in [3.63, 3.8) is 0 Å². The zero-order chi connectivity index (χ0) is 11.3. The number of amides is 1. The maximum atomic E-state index is 11.5. The van der Waals surface area contributed by atoms with Crippen molar-refractivity contribution in [3.8, 4) is 0 Å². The van der Waals surface area contributed by atoms with Crippen LogP contribution in [0.3, 0.4) is 0 Å². The molecule has 0 bridgehead atoms. The zero-order valence-electron chi connectivity index (χ0n) is 9.05. The van der Waals surface area contributed by atoms with Crippen molar-refractivity contribution >= 4 is 17.5 Å². The predicted molar refractivity (Wildman–Crippen MR) is 60.3 cm³/mol. The van der Waals surface area contributed by atoms with Crippen LogP contribution in [0.25, 0.3) is 0 Å². The molecule has 3 nitrogen and oxygen atoms in total. The summed E-state index contributed by atoms with van der Waals surface area (Å²) >= 11 is 5.97. The van der Waals surface area contributed by atoms with Gasteiger partial charge in [0.05, 0.1) is 5.38 Å². The highest BCUT2D eigenvalue weighted by Gasteiger charge is 2.11. The molecule has 0 saturated carbocycles. The molecule has 1 rings (SSSR count). The molecule has 15 heavy (non-hydrogen) atoms. The Bertz CT molecular complexity index is 322. The van der Waals surface area contributed by atoms with Crippen molar-refractivity contribution in [2.75, 3.05) is 6.54 Å². The van der Waals surface area contributed by atoms with E-state index in [4.69, 9.17) is 16.0 Å². The third-order valence-corrected chi connectivity index (χ3v) is 2.42. The maximum absolute atomic E-state index is 11.5. The van der Waals surface area contributed by atoms with Crippen LogP contribution >= 0.6 is 11.6 Å². The van der Waals surface area contributed by atoms with Gasteiger partial charge in [0.15, 0.2) is 5.76 Å². The van der Waals surface area contributed by atoms with E-state index in [0.717, 1.165) is 18.6 Å². The lowest BCUT2D eigenvalue weighted by Crippen LogP contribution is -2.29. The summed E-state index contributed by atoms with van der Waals surface area (Å²) in [4.78, 5) is 11.5. The fourth-order valence-corrected chi connectivity index (χ4v) is 1.56. The quantitative estimate of drug-likeness (QED) is 0.789. The molecule has 4 heteroatoms. The second-order valence-electron chi connectivity index (χ2n) is 3.51. The van der Waals surface area contributed by atoms with E-state index in [-0.39, 0.29) is 11.3 Å². The van der Waals surface area contributed by atoms with Crippen LogP contribution in [0.4, 0.5) is 0 Å². The lowest BCUT2D eigenvalue weighted by atomic mass is 10.2. The van der Waals surface area contributed by atoms with Crippen LogP contribution in [0.5, 0.6) is 0 Å². The first-order valence-corrected chi connectivity index (χ1v) is 5.55. The van der Waals surface area contributed by atoms with Crippen molar-refractivity contribution in [2.24, 2.45) is 0 Å². The van der Waals surface area contributed by atoms with Crippen LogP contribution in [-0.2, 0) is 0 Å². The second-order valence-corrected chi connectivity index (χ2v) is 4.12. The molecular weight excluding hydrogens is 214 g/mol. The summed E-state index contributed by atoms with van der Waals surface area (Å²) < 4.78 is 5.18. The van der Waals surface area contributed by atoms with Crippen molar-refractivity contribution in [2.45, 2.75) is 32.1 Å². The Morgan fingerprint density at radius 2 is 2.33 bits per heavy atom. The number of hydrogen-bond acceptors (Lipinski definition) is 2. The summed E-state index contributed by atoms with van der Waals surface area (Å²) in [5.41, 5.74) is 0. The van der Waals surface area contributed by atoms with Gasteiger partial charge < -0.3 is 9.73 Å². The minimum Gasteiger partial charge on any atom is -0.456 e. The molecule has 1 aromatic heterocycles. The molecule has 0 saturated heterocycles. The molecule has 1 atom stereocenters. The number of aryl methyl sites for hydroxylation is 1. The fraction of sp³-hybridized carbons (Fsp3) is 0.545. The Labute approximate surface area is 94.8 Å². The van der Waals surface area contributed by atoms with Gasteiger partial charge in [0.25, 0.3) is 5.91 Å². The Morgan fingerprint density at radius 1 is 1.60 bits per heavy atom. The Kier molecular flexibility index (Phi) is 4.69. The molecule has 1 amide bonds.